The van der Waals surface area contributed by atoms with Gasteiger partial charge >= 0.3 is 0 Å². The maximum atomic E-state index is 11.9. The summed E-state index contributed by atoms with van der Waals surface area (Å²) in [4.78, 5) is 21.5. The van der Waals surface area contributed by atoms with Gasteiger partial charge in [-0.15, -0.1) is 0 Å². The van der Waals surface area contributed by atoms with Gasteiger partial charge < -0.3 is 23.7 Å². The van der Waals surface area contributed by atoms with Crippen LogP contribution in [0.1, 0.15) is 109 Å². The first-order valence-electron chi connectivity index (χ1n) is 15.4. The first kappa shape index (κ1) is 37.8. The number of nitrogens with one attached hydrogen (secondary N) is 1. The van der Waals surface area contributed by atoms with Crippen LogP contribution in [0.2, 0.25) is 0 Å². The number of unbranched alkanes of at least 4 members (excludes halogenated alkanes) is 10. The molecular formula is C32H54N3O6P. The number of nitrogens with zero attached hydrogens (tertiary/aromatic N) is 2. The van der Waals surface area contributed by atoms with E-state index in [1.807, 2.05) is 21.1 Å². The van der Waals surface area contributed by atoms with E-state index in [1.54, 1.807) is 30.3 Å². The number of likely N-dealkylation sites (N-methyl/N-ethyl adjacent to an activating group) is 1. The third-order valence-corrected chi connectivity index (χ3v) is 7.50. The second-order valence-corrected chi connectivity index (χ2v) is 13.3. The highest BCUT2D eigenvalue weighted by molar-refractivity contribution is 7.44. The molecule has 0 saturated heterocycles. The molecule has 0 aliphatic carbocycles. The minimum Gasteiger partial charge on any atom is -0.756 e. The van der Waals surface area contributed by atoms with E-state index in [1.165, 1.54) is 38.5 Å². The van der Waals surface area contributed by atoms with Crippen LogP contribution in [0, 0.1) is 22.7 Å². The van der Waals surface area contributed by atoms with E-state index < -0.39 is 13.6 Å². The van der Waals surface area contributed by atoms with E-state index in [9.17, 15) is 19.6 Å². The van der Waals surface area contributed by atoms with Crippen LogP contribution in [0.25, 0.3) is 0 Å². The van der Waals surface area contributed by atoms with Crippen LogP contribution >= 0.6 is 7.82 Å². The lowest BCUT2D eigenvalue weighted by Crippen LogP contribution is -2.50. The van der Waals surface area contributed by atoms with Gasteiger partial charge in [0.25, 0.3) is 19.6 Å². The van der Waals surface area contributed by atoms with Crippen molar-refractivity contribution in [2.24, 2.45) is 5.92 Å². The van der Waals surface area contributed by atoms with Crippen LogP contribution in [0.15, 0.2) is 42.9 Å². The van der Waals surface area contributed by atoms with Crippen LogP contribution in [0.5, 0.6) is 0 Å². The fraction of sp³-hybridized carbons (Fsp3) is 0.688. The molecule has 0 bridgehead atoms. The van der Waals surface area contributed by atoms with Crippen molar-refractivity contribution in [3.63, 3.8) is 0 Å². The summed E-state index contributed by atoms with van der Waals surface area (Å²) in [5.74, 6) is -2.15. The Kier molecular flexibility index (Phi) is 17.9. The number of phosphoric acid groups is 1. The van der Waals surface area contributed by atoms with Gasteiger partial charge in [-0.1, -0.05) is 108 Å². The van der Waals surface area contributed by atoms with E-state index in [0.29, 0.717) is 12.0 Å². The molecule has 238 valence electrons. The van der Waals surface area contributed by atoms with E-state index in [2.05, 4.69) is 19.6 Å². The molecule has 0 fully saturated rings. The van der Waals surface area contributed by atoms with E-state index in [0.717, 1.165) is 51.4 Å². The molecule has 10 heteroatoms. The van der Waals surface area contributed by atoms with Crippen LogP contribution < -0.4 is 4.89 Å². The lowest BCUT2D eigenvalue weighted by molar-refractivity contribution is -0.881. The Labute approximate surface area is 254 Å². The summed E-state index contributed by atoms with van der Waals surface area (Å²) < 4.78 is 28.5. The summed E-state index contributed by atoms with van der Waals surface area (Å²) in [7, 11) is 0.224. The Bertz CT molecular complexity index is 1000. The molecule has 0 aromatic heterocycles. The Balaban J connectivity index is 2.45. The molecular weight excluding hydrogens is 553 g/mol. The van der Waals surface area contributed by atoms with Crippen LogP contribution in [-0.4, -0.2) is 43.0 Å². The molecule has 42 heavy (non-hydrogen) atoms. The lowest BCUT2D eigenvalue weighted by Gasteiger charge is -2.40. The Morgan fingerprint density at radius 1 is 1.02 bits per heavy atom. The summed E-state index contributed by atoms with van der Waals surface area (Å²) in [6, 6.07) is 10.9. The molecule has 9 nitrogen and oxygen atoms in total. The van der Waals surface area contributed by atoms with Gasteiger partial charge in [0.2, 0.25) is 0 Å². The number of nitriles is 1. The monoisotopic (exact) mass is 607 g/mol. The largest absolute Gasteiger partial charge is 0.756 e. The highest BCUT2D eigenvalue weighted by atomic mass is 31.2. The molecule has 0 heterocycles. The van der Waals surface area contributed by atoms with Crippen molar-refractivity contribution in [2.75, 3.05) is 27.7 Å². The molecule has 0 radical (unpaired) electrons. The second-order valence-electron chi connectivity index (χ2n) is 12.2. The summed E-state index contributed by atoms with van der Waals surface area (Å²) in [6.07, 6.45) is 16.0. The van der Waals surface area contributed by atoms with Gasteiger partial charge in [0.15, 0.2) is 5.90 Å². The highest BCUT2D eigenvalue weighted by Gasteiger charge is 2.45. The van der Waals surface area contributed by atoms with Crippen LogP contribution in [0.3, 0.4) is 0 Å². The minimum absolute atomic E-state index is 0.00871. The molecule has 0 aliphatic rings. The Morgan fingerprint density at radius 3 is 2.05 bits per heavy atom. The molecule has 1 rings (SSSR count). The van der Waals surface area contributed by atoms with Crippen molar-refractivity contribution in [1.29, 1.82) is 10.7 Å². The zero-order valence-corrected chi connectivity index (χ0v) is 27.2. The van der Waals surface area contributed by atoms with Gasteiger partial charge in [-0.05, 0) is 25.8 Å². The average molecular weight is 608 g/mol. The molecule has 2 N–H and O–H groups in total. The summed E-state index contributed by atoms with van der Waals surface area (Å²) in [5, 5.41) is 17.7. The van der Waals surface area contributed by atoms with E-state index >= 15 is 0 Å². The average Bonchev–Trinajstić information content (AvgIpc) is 2.89. The summed E-state index contributed by atoms with van der Waals surface area (Å²) in [6.45, 7) is 5.95. The fourth-order valence-electron chi connectivity index (χ4n) is 5.01. The van der Waals surface area contributed by atoms with Crippen molar-refractivity contribution in [3.8, 4) is 6.07 Å². The maximum absolute atomic E-state index is 11.9. The van der Waals surface area contributed by atoms with Gasteiger partial charge in [0.05, 0.1) is 27.2 Å². The van der Waals surface area contributed by atoms with Gasteiger partial charge in [-0.25, -0.2) is 0 Å². The van der Waals surface area contributed by atoms with Crippen molar-refractivity contribution >= 4 is 13.7 Å². The van der Waals surface area contributed by atoms with Crippen molar-refractivity contribution in [1.82, 2.24) is 0 Å². The number of phosphoric ester groups is 1. The summed E-state index contributed by atoms with van der Waals surface area (Å²) >= 11 is 0. The quantitative estimate of drug-likeness (QED) is 0.0236. The van der Waals surface area contributed by atoms with Crippen LogP contribution in [0.4, 0.5) is 0 Å². The topological polar surface area (TPSA) is 136 Å². The predicted molar refractivity (Wildman–Crippen MR) is 165 cm³/mol. The first-order chi connectivity index (χ1) is 19.8. The highest BCUT2D eigenvalue weighted by Crippen LogP contribution is 2.45. The molecule has 0 spiro atoms. The van der Waals surface area contributed by atoms with Crippen molar-refractivity contribution in [2.45, 2.75) is 109 Å². The molecule has 0 amide bonds. The third-order valence-electron chi connectivity index (χ3n) is 6.97. The Morgan fingerprint density at radius 2 is 1.55 bits per heavy atom. The molecule has 0 saturated carbocycles. The second kappa shape index (κ2) is 19.9. The lowest BCUT2D eigenvalue weighted by atomic mass is 9.95. The SMILES string of the molecule is C=C(OC(=N)CCCCCCCC(C#N)CCCCCCCCC)OC(C[N+](C)(C)C)(OP(=O)([O-])O)c1ccccc1. The Hall–Kier alpha value is -2.21. The number of quaternary nitrogens is 1. The van der Waals surface area contributed by atoms with Crippen molar-refractivity contribution < 1.29 is 32.8 Å². The van der Waals surface area contributed by atoms with E-state index in [-0.39, 0.29) is 28.8 Å². The van der Waals surface area contributed by atoms with Gasteiger partial charge in [-0.2, -0.15) is 5.26 Å². The predicted octanol–water partition coefficient (Wildman–Crippen LogP) is 7.52. The maximum Gasteiger partial charge on any atom is 0.296 e. The molecule has 1 aromatic rings. The summed E-state index contributed by atoms with van der Waals surface area (Å²) in [5.41, 5.74) is 0.348. The van der Waals surface area contributed by atoms with Crippen molar-refractivity contribution in [3.05, 3.63) is 48.4 Å². The van der Waals surface area contributed by atoms with Crippen LogP contribution in [-0.2, 0) is 24.3 Å². The van der Waals surface area contributed by atoms with Gasteiger partial charge in [0, 0.05) is 17.9 Å². The van der Waals surface area contributed by atoms with E-state index in [4.69, 9.17) is 19.4 Å². The minimum atomic E-state index is -5.23. The first-order valence-corrected chi connectivity index (χ1v) is 16.9. The zero-order valence-electron chi connectivity index (χ0n) is 26.3. The number of ether oxygens (including phenoxy) is 2. The third kappa shape index (κ3) is 17.7. The number of benzene rings is 1. The smallest absolute Gasteiger partial charge is 0.296 e. The molecule has 3 unspecified atom stereocenters. The fourth-order valence-corrected chi connectivity index (χ4v) is 5.58. The molecule has 0 aliphatic heterocycles. The number of hydrogen-bond acceptors (Lipinski definition) is 7. The molecule has 1 aromatic carbocycles. The number of hydrogen-bond donors (Lipinski definition) is 2. The number of rotatable bonds is 24. The standard InChI is InChI=1S/C32H54N3O6P/c1-6-7-8-9-10-12-16-21-29(26-33)22-17-13-11-14-20-25-31(34)39-28(2)40-32(27-35(3,4)5,41-42(36,37)38)30-23-18-15-19-24-30/h15,18-19,23-24,29,34H,2,6-14,16-17,20-22,25,27H2,1,3-5H3,(H-,36,37,38). The zero-order chi connectivity index (χ0) is 31.5. The molecule has 3 atom stereocenters. The van der Waals surface area contributed by atoms with Gasteiger partial charge in [-0.3, -0.25) is 14.5 Å². The van der Waals surface area contributed by atoms with Gasteiger partial charge in [0.1, 0.15) is 6.54 Å². The normalized spacial score (nSPS) is 15.2.